The van der Waals surface area contributed by atoms with E-state index in [2.05, 4.69) is 5.32 Å². The van der Waals surface area contributed by atoms with Crippen molar-refractivity contribution in [3.05, 3.63) is 101 Å². The van der Waals surface area contributed by atoms with Crippen LogP contribution in [0, 0.1) is 22.6 Å². The largest absolute Gasteiger partial charge is 0.413 e. The van der Waals surface area contributed by atoms with Crippen molar-refractivity contribution < 1.29 is 23.5 Å². The molecule has 0 bridgehead atoms. The van der Waals surface area contributed by atoms with Crippen LogP contribution in [0.15, 0.2) is 72.8 Å². The van der Waals surface area contributed by atoms with Gasteiger partial charge in [0.05, 0.1) is 18.2 Å². The topological polar surface area (TPSA) is 156 Å². The number of carbonyl (C=O) groups excluding carboxylic acids is 3. The third kappa shape index (κ3) is 7.77. The molecule has 5 rings (SSSR count). The van der Waals surface area contributed by atoms with Gasteiger partial charge in [0.15, 0.2) is 0 Å². The van der Waals surface area contributed by atoms with Crippen LogP contribution in [0.2, 0.25) is 0 Å². The van der Waals surface area contributed by atoms with Gasteiger partial charge in [0, 0.05) is 61.3 Å². The van der Waals surface area contributed by atoms with E-state index in [0.717, 1.165) is 11.1 Å². The molecule has 12 heteroatoms. The smallest absolute Gasteiger partial charge is 0.398 e. The molecule has 2 heterocycles. The van der Waals surface area contributed by atoms with Gasteiger partial charge in [0.25, 0.3) is 0 Å². The van der Waals surface area contributed by atoms with E-state index >= 15 is 0 Å². The Bertz CT molecular complexity index is 1740. The maximum atomic E-state index is 13.7. The molecular weight excluding hydrogens is 613 g/mol. The average molecular weight is 654 g/mol. The van der Waals surface area contributed by atoms with Crippen LogP contribution < -0.4 is 16.0 Å². The standard InChI is InChI=1S/C36H40FN7O4/c1-3-44(29-12-13-31(38)30(20-29)33(39)25-8-10-28(37)11-9-25)35(46)27-14-17-42(21-27)22-32(45)43-18-15-24(16-19-43)23-4-6-26(7-5-23)34(40)48-36(47)41-2/h4-13,15,20,27,39-40H,3,14,16-19,21-22,38H2,1-2H3,(H,41,47)/t27-/m1/s1. The maximum Gasteiger partial charge on any atom is 0.413 e. The number of hydrogen-bond acceptors (Lipinski definition) is 8. The first-order valence-electron chi connectivity index (χ1n) is 15.9. The van der Waals surface area contributed by atoms with Gasteiger partial charge in [-0.05, 0) is 92.0 Å². The predicted octanol–water partition coefficient (Wildman–Crippen LogP) is 4.50. The van der Waals surface area contributed by atoms with Crippen LogP contribution in [0.3, 0.4) is 0 Å². The molecule has 0 saturated carbocycles. The van der Waals surface area contributed by atoms with Crippen LogP contribution in [0.5, 0.6) is 0 Å². The summed E-state index contributed by atoms with van der Waals surface area (Å²) in [6, 6.07) is 18.1. The maximum absolute atomic E-state index is 13.7. The lowest BCUT2D eigenvalue weighted by Gasteiger charge is -2.29. The van der Waals surface area contributed by atoms with E-state index in [1.54, 1.807) is 35.2 Å². The zero-order chi connectivity index (χ0) is 34.4. The summed E-state index contributed by atoms with van der Waals surface area (Å²) >= 11 is 0. The van der Waals surface area contributed by atoms with Crippen LogP contribution in [0.1, 0.15) is 42.0 Å². The highest BCUT2D eigenvalue weighted by Gasteiger charge is 2.33. The Kier molecular flexibility index (Phi) is 10.6. The third-order valence-electron chi connectivity index (χ3n) is 8.79. The molecule has 5 N–H and O–H groups in total. The molecule has 0 radical (unpaired) electrons. The van der Waals surface area contributed by atoms with Gasteiger partial charge in [-0.25, -0.2) is 9.18 Å². The summed E-state index contributed by atoms with van der Waals surface area (Å²) in [7, 11) is 1.43. The molecule has 2 aliphatic heterocycles. The van der Waals surface area contributed by atoms with Crippen molar-refractivity contribution in [1.29, 1.82) is 10.8 Å². The molecule has 3 aromatic rings. The number of alkyl carbamates (subject to hydrolysis) is 1. The first-order chi connectivity index (χ1) is 23.1. The van der Waals surface area contributed by atoms with Crippen LogP contribution in [0.25, 0.3) is 5.57 Å². The summed E-state index contributed by atoms with van der Waals surface area (Å²) in [5, 5.41) is 18.9. The summed E-state index contributed by atoms with van der Waals surface area (Å²) in [4.78, 5) is 43.9. The van der Waals surface area contributed by atoms with Gasteiger partial charge in [0.2, 0.25) is 17.7 Å². The van der Waals surface area contributed by atoms with Gasteiger partial charge in [-0.15, -0.1) is 0 Å². The summed E-state index contributed by atoms with van der Waals surface area (Å²) in [5.74, 6) is -0.913. The van der Waals surface area contributed by atoms with E-state index in [-0.39, 0.29) is 41.7 Å². The molecule has 1 fully saturated rings. The Balaban J connectivity index is 1.15. The van der Waals surface area contributed by atoms with Gasteiger partial charge >= 0.3 is 6.09 Å². The number of nitrogens with two attached hydrogens (primary N) is 1. The van der Waals surface area contributed by atoms with Gasteiger partial charge in [-0.3, -0.25) is 25.3 Å². The summed E-state index contributed by atoms with van der Waals surface area (Å²) in [6.45, 7) is 4.75. The SMILES string of the molecule is CCN(C(=O)[C@@H]1CCN(CC(=O)N2CC=C(c3ccc(C(=N)OC(=O)NC)cc3)CC2)C1)c1ccc(N)c(C(=N)c2ccc(F)cc2)c1. The Morgan fingerprint density at radius 3 is 2.38 bits per heavy atom. The lowest BCUT2D eigenvalue weighted by molar-refractivity contribution is -0.132. The molecule has 250 valence electrons. The number of anilines is 2. The summed E-state index contributed by atoms with van der Waals surface area (Å²) in [5.41, 5.74) is 10.9. The highest BCUT2D eigenvalue weighted by atomic mass is 19.1. The highest BCUT2D eigenvalue weighted by Crippen LogP contribution is 2.28. The van der Waals surface area contributed by atoms with E-state index in [0.29, 0.717) is 73.6 Å². The van der Waals surface area contributed by atoms with Crippen molar-refractivity contribution in [3.8, 4) is 0 Å². The Morgan fingerprint density at radius 1 is 1.02 bits per heavy atom. The number of rotatable bonds is 9. The van der Waals surface area contributed by atoms with Gasteiger partial charge in [-0.2, -0.15) is 0 Å². The molecule has 1 atom stereocenters. The van der Waals surface area contributed by atoms with Crippen LogP contribution >= 0.6 is 0 Å². The molecule has 0 aliphatic carbocycles. The van der Waals surface area contributed by atoms with Crippen LogP contribution in [-0.4, -0.2) is 85.6 Å². The molecule has 0 aromatic heterocycles. The lowest BCUT2D eigenvalue weighted by Crippen LogP contribution is -2.42. The van der Waals surface area contributed by atoms with E-state index in [1.165, 1.54) is 31.3 Å². The Hall–Kier alpha value is -5.36. The number of carbonyl (C=O) groups is 3. The number of likely N-dealkylation sites (tertiary alicyclic amines) is 1. The zero-order valence-electron chi connectivity index (χ0n) is 27.1. The normalized spacial score (nSPS) is 16.2. The summed E-state index contributed by atoms with van der Waals surface area (Å²) in [6.07, 6.45) is 2.67. The number of nitrogens with zero attached hydrogens (tertiary/aromatic N) is 3. The van der Waals surface area contributed by atoms with Crippen molar-refractivity contribution in [1.82, 2.24) is 15.1 Å². The minimum absolute atomic E-state index is 0.0170. The predicted molar refractivity (Wildman–Crippen MR) is 184 cm³/mol. The van der Waals surface area contributed by atoms with Gasteiger partial charge < -0.3 is 25.6 Å². The fourth-order valence-electron chi connectivity index (χ4n) is 6.05. The van der Waals surface area contributed by atoms with E-state index in [4.69, 9.17) is 21.3 Å². The molecule has 2 aliphatic rings. The van der Waals surface area contributed by atoms with Crippen LogP contribution in [0.4, 0.5) is 20.6 Å². The second kappa shape index (κ2) is 15.0. The van der Waals surface area contributed by atoms with Gasteiger partial charge in [-0.1, -0.05) is 18.2 Å². The zero-order valence-corrected chi connectivity index (χ0v) is 27.1. The quantitative estimate of drug-likeness (QED) is 0.152. The third-order valence-corrected chi connectivity index (χ3v) is 8.79. The first kappa shape index (κ1) is 34.0. The van der Waals surface area contributed by atoms with Crippen LogP contribution in [-0.2, 0) is 14.3 Å². The molecule has 48 heavy (non-hydrogen) atoms. The number of ether oxygens (including phenoxy) is 1. The second-order valence-electron chi connectivity index (χ2n) is 11.8. The first-order valence-corrected chi connectivity index (χ1v) is 15.9. The summed E-state index contributed by atoms with van der Waals surface area (Å²) < 4.78 is 18.3. The Labute approximate surface area is 279 Å². The van der Waals surface area contributed by atoms with Crippen molar-refractivity contribution in [2.75, 3.05) is 56.9 Å². The molecule has 0 unspecified atom stereocenters. The fraction of sp³-hybridized carbons (Fsp3) is 0.306. The number of amides is 3. The number of nitrogens with one attached hydrogen (secondary N) is 3. The average Bonchev–Trinajstić information content (AvgIpc) is 3.57. The number of hydrogen-bond donors (Lipinski definition) is 4. The van der Waals surface area contributed by atoms with Crippen molar-refractivity contribution >= 4 is 46.5 Å². The minimum Gasteiger partial charge on any atom is -0.398 e. The van der Waals surface area contributed by atoms with Crippen molar-refractivity contribution in [2.24, 2.45) is 5.92 Å². The molecular formula is C36H40FN7O4. The molecule has 0 spiro atoms. The van der Waals surface area contributed by atoms with Crippen molar-refractivity contribution in [2.45, 2.75) is 19.8 Å². The molecule has 3 aromatic carbocycles. The van der Waals surface area contributed by atoms with E-state index in [1.807, 2.05) is 34.9 Å². The number of nitrogen functional groups attached to an aromatic ring is 1. The molecule has 1 saturated heterocycles. The Morgan fingerprint density at radius 2 is 1.73 bits per heavy atom. The van der Waals surface area contributed by atoms with E-state index < -0.39 is 6.09 Å². The number of halogens is 1. The number of benzene rings is 3. The molecule has 3 amide bonds. The van der Waals surface area contributed by atoms with Gasteiger partial charge in [0.1, 0.15) is 5.82 Å². The lowest BCUT2D eigenvalue weighted by atomic mass is 9.98. The minimum atomic E-state index is -0.696. The van der Waals surface area contributed by atoms with E-state index in [9.17, 15) is 18.8 Å². The monoisotopic (exact) mass is 653 g/mol. The fourth-order valence-corrected chi connectivity index (χ4v) is 6.05. The highest BCUT2D eigenvalue weighted by molar-refractivity contribution is 6.14. The molecule has 11 nitrogen and oxygen atoms in total. The second-order valence-corrected chi connectivity index (χ2v) is 11.8. The van der Waals surface area contributed by atoms with Crippen molar-refractivity contribution in [3.63, 3.8) is 0 Å².